The van der Waals surface area contributed by atoms with E-state index >= 15 is 0 Å². The number of allylic oxidation sites excluding steroid dienone is 2. The summed E-state index contributed by atoms with van der Waals surface area (Å²) in [7, 11) is 2.13. The van der Waals surface area contributed by atoms with Crippen LogP contribution in [-0.2, 0) is 28.6 Å². The van der Waals surface area contributed by atoms with Crippen LogP contribution in [0.2, 0.25) is 0 Å². The summed E-state index contributed by atoms with van der Waals surface area (Å²) in [5.74, 6) is 0.193. The van der Waals surface area contributed by atoms with E-state index in [9.17, 15) is 0 Å². The number of likely N-dealkylation sites (N-methyl/N-ethyl adjacent to an activating group) is 1. The minimum absolute atomic E-state index is 0. The zero-order chi connectivity index (χ0) is 23.8. The van der Waals surface area contributed by atoms with Crippen LogP contribution in [0.3, 0.4) is 0 Å². The van der Waals surface area contributed by atoms with Crippen molar-refractivity contribution in [1.82, 2.24) is 0 Å². The Bertz CT molecular complexity index is 1110. The van der Waals surface area contributed by atoms with Gasteiger partial charge in [0.2, 0.25) is 5.90 Å². The third kappa shape index (κ3) is 6.04. The fourth-order valence-corrected chi connectivity index (χ4v) is 4.82. The van der Waals surface area contributed by atoms with Gasteiger partial charge in [-0.1, -0.05) is 80.6 Å². The summed E-state index contributed by atoms with van der Waals surface area (Å²) in [6, 6.07) is 28.2. The van der Waals surface area contributed by atoms with Gasteiger partial charge in [0.15, 0.2) is 0 Å². The molecule has 0 saturated heterocycles. The Morgan fingerprint density at radius 3 is 2.03 bits per heavy atom. The van der Waals surface area contributed by atoms with E-state index in [1.807, 2.05) is 12.1 Å². The molecule has 0 fully saturated rings. The van der Waals surface area contributed by atoms with Crippen LogP contribution >= 0.6 is 0 Å². The smallest absolute Gasteiger partial charge is 0.210 e. The molecule has 4 rings (SSSR count). The zero-order valence-corrected chi connectivity index (χ0v) is 21.0. The Kier molecular flexibility index (Phi) is 9.84. The first-order valence-electron chi connectivity index (χ1n) is 11.3. The predicted molar refractivity (Wildman–Crippen MR) is 139 cm³/mol. The molecule has 3 N–H and O–H groups in total. The topological polar surface area (TPSA) is 71.2 Å². The summed E-state index contributed by atoms with van der Waals surface area (Å²) < 4.78 is 0. The monoisotopic (exact) mass is 498 g/mol. The fraction of sp³-hybridized carbons (Fsp3) is 0.241. The van der Waals surface area contributed by atoms with Gasteiger partial charge >= 0.3 is 0 Å². The van der Waals surface area contributed by atoms with Crippen molar-refractivity contribution in [2.75, 3.05) is 11.9 Å². The molecule has 0 aromatic heterocycles. The van der Waals surface area contributed by atoms with Crippen molar-refractivity contribution >= 4 is 17.8 Å². The Morgan fingerprint density at radius 1 is 0.941 bits per heavy atom. The van der Waals surface area contributed by atoms with Crippen LogP contribution in [0.4, 0.5) is 5.69 Å². The molecule has 0 aliphatic carbocycles. The summed E-state index contributed by atoms with van der Waals surface area (Å²) in [5.41, 5.74) is 5.71. The summed E-state index contributed by atoms with van der Waals surface area (Å²) >= 11 is 0. The molecule has 0 amide bonds. The van der Waals surface area contributed by atoms with Crippen LogP contribution in [0.15, 0.2) is 96.7 Å². The number of anilines is 1. The van der Waals surface area contributed by atoms with Gasteiger partial charge in [-0.2, -0.15) is 0 Å². The van der Waals surface area contributed by atoms with E-state index in [0.29, 0.717) is 11.5 Å². The average molecular weight is 499 g/mol. The number of nitrogens with one attached hydrogen (secondary N) is 2. The molecule has 3 aromatic carbocycles. The number of para-hydroxylation sites is 1. The van der Waals surface area contributed by atoms with Crippen molar-refractivity contribution in [1.29, 1.82) is 10.8 Å². The van der Waals surface area contributed by atoms with Gasteiger partial charge in [0.1, 0.15) is 0 Å². The summed E-state index contributed by atoms with van der Waals surface area (Å²) in [4.78, 5) is 2.27. The van der Waals surface area contributed by atoms with Gasteiger partial charge in [-0.3, -0.25) is 5.41 Å². The van der Waals surface area contributed by atoms with Gasteiger partial charge in [-0.25, -0.2) is 0 Å². The molecule has 34 heavy (non-hydrogen) atoms. The van der Waals surface area contributed by atoms with Crippen molar-refractivity contribution in [2.24, 2.45) is 5.92 Å². The maximum atomic E-state index is 8.61. The van der Waals surface area contributed by atoms with Gasteiger partial charge in [0.05, 0.1) is 0 Å². The number of fused-ring (bicyclic) bond motifs is 1. The number of hydrogen-bond acceptors (Lipinski definition) is 3. The van der Waals surface area contributed by atoms with Crippen LogP contribution in [0.1, 0.15) is 37.0 Å². The van der Waals surface area contributed by atoms with E-state index in [1.165, 1.54) is 28.7 Å². The molecule has 1 aliphatic rings. The molecule has 1 aliphatic heterocycles. The van der Waals surface area contributed by atoms with Crippen LogP contribution in [0.25, 0.3) is 0 Å². The molecular weight excluding hydrogens is 465 g/mol. The average Bonchev–Trinajstić information content (AvgIpc) is 3.03. The molecule has 3 aromatic rings. The molecule has 1 atom stereocenters. The second kappa shape index (κ2) is 12.3. The van der Waals surface area contributed by atoms with Crippen molar-refractivity contribution in [3.8, 4) is 0 Å². The third-order valence-corrected chi connectivity index (χ3v) is 6.03. The van der Waals surface area contributed by atoms with E-state index in [-0.39, 0.29) is 28.1 Å². The third-order valence-electron chi connectivity index (χ3n) is 6.03. The predicted octanol–water partition coefficient (Wildman–Crippen LogP) is 6.76. The molecule has 4 nitrogen and oxygen atoms in total. The SMILES string of the molecule is CC(C)CC1(Cc2ccccc2)/C(=C/C=N)N(C)c2ccccc21.N=C(O)c1ccccc1.[Co]. The van der Waals surface area contributed by atoms with E-state index in [4.69, 9.17) is 15.9 Å². The van der Waals surface area contributed by atoms with Crippen LogP contribution < -0.4 is 4.90 Å². The minimum atomic E-state index is -0.379. The maximum Gasteiger partial charge on any atom is 0.210 e. The summed E-state index contributed by atoms with van der Waals surface area (Å²) in [5, 5.41) is 23.1. The summed E-state index contributed by atoms with van der Waals surface area (Å²) in [6.07, 6.45) is 5.44. The van der Waals surface area contributed by atoms with Gasteiger partial charge in [0.25, 0.3) is 0 Å². The number of aliphatic hydroxyl groups excluding tert-OH is 1. The number of aliphatic hydroxyl groups is 1. The molecule has 0 saturated carbocycles. The number of benzene rings is 3. The van der Waals surface area contributed by atoms with Crippen LogP contribution in [0.5, 0.6) is 0 Å². The van der Waals surface area contributed by atoms with Crippen LogP contribution in [0, 0.1) is 16.7 Å². The maximum absolute atomic E-state index is 8.61. The zero-order valence-electron chi connectivity index (χ0n) is 20.0. The van der Waals surface area contributed by atoms with Gasteiger partial charge in [-0.05, 0) is 54.2 Å². The van der Waals surface area contributed by atoms with Crippen LogP contribution in [-0.4, -0.2) is 24.3 Å². The molecule has 0 bridgehead atoms. The Hall–Kier alpha value is -3.15. The Balaban J connectivity index is 0.000000345. The second-order valence-electron chi connectivity index (χ2n) is 8.85. The van der Waals surface area contributed by atoms with E-state index in [0.717, 1.165) is 12.8 Å². The largest absolute Gasteiger partial charge is 0.493 e. The Labute approximate surface area is 213 Å². The van der Waals surface area contributed by atoms with E-state index in [1.54, 1.807) is 24.3 Å². The molecule has 179 valence electrons. The van der Waals surface area contributed by atoms with Crippen molar-refractivity contribution in [3.05, 3.63) is 113 Å². The quantitative estimate of drug-likeness (QED) is 0.259. The first kappa shape index (κ1) is 27.1. The van der Waals surface area contributed by atoms with Gasteiger partial charge in [-0.15, -0.1) is 0 Å². The first-order chi connectivity index (χ1) is 15.9. The van der Waals surface area contributed by atoms with Crippen molar-refractivity contribution < 1.29 is 21.9 Å². The van der Waals surface area contributed by atoms with E-state index < -0.39 is 0 Å². The van der Waals surface area contributed by atoms with Gasteiger partial charge in [0, 0.05) is 52.4 Å². The number of hydrogen-bond donors (Lipinski definition) is 3. The molecule has 1 radical (unpaired) electrons. The minimum Gasteiger partial charge on any atom is -0.493 e. The van der Waals surface area contributed by atoms with Crippen molar-refractivity contribution in [3.63, 3.8) is 0 Å². The van der Waals surface area contributed by atoms with Crippen molar-refractivity contribution in [2.45, 2.75) is 32.1 Å². The van der Waals surface area contributed by atoms with Gasteiger partial charge < -0.3 is 15.4 Å². The molecular formula is C29H33CoN3O. The molecule has 1 unspecified atom stereocenters. The Morgan fingerprint density at radius 2 is 1.50 bits per heavy atom. The fourth-order valence-electron chi connectivity index (χ4n) is 4.82. The number of nitrogens with zero attached hydrogens (tertiary/aromatic N) is 1. The normalized spacial score (nSPS) is 17.4. The first-order valence-corrected chi connectivity index (χ1v) is 11.3. The standard InChI is InChI=1S/C22H26N2.C7H7NO.Co/c1-17(2)15-22(16-18-9-5-4-6-10-18)19-11-7-8-12-20(19)24(3)21(22)13-14-23;8-7(9)6-4-2-1-3-5-6;/h4-14,17,23H,15-16H2,1-3H3;1-5H,(H2,8,9);/b21-13-,23-14?;;. The second-order valence-corrected chi connectivity index (χ2v) is 8.85. The molecule has 0 spiro atoms. The summed E-state index contributed by atoms with van der Waals surface area (Å²) in [6.45, 7) is 4.57. The molecule has 1 heterocycles. The molecule has 5 heteroatoms. The number of rotatable bonds is 6. The van der Waals surface area contributed by atoms with E-state index in [2.05, 4.69) is 80.4 Å².